The number of nitrogens with zero attached hydrogens (tertiary/aromatic N) is 2. The van der Waals surface area contributed by atoms with Crippen LogP contribution in [0.4, 0.5) is 4.79 Å². The number of allylic oxidation sites excluding steroid dienone is 1. The van der Waals surface area contributed by atoms with Crippen molar-refractivity contribution in [1.82, 2.24) is 10.2 Å². The Morgan fingerprint density at radius 1 is 0.863 bits per heavy atom. The summed E-state index contributed by atoms with van der Waals surface area (Å²) in [4.78, 5) is 37.2. The monoisotopic (exact) mass is 1010 g/mol. The van der Waals surface area contributed by atoms with Crippen molar-refractivity contribution in [1.29, 1.82) is 0 Å². The summed E-state index contributed by atoms with van der Waals surface area (Å²) in [7, 11) is 0. The quantitative estimate of drug-likeness (QED) is 0.0391. The summed E-state index contributed by atoms with van der Waals surface area (Å²) in [5.41, 5.74) is 2.85. The van der Waals surface area contributed by atoms with Crippen molar-refractivity contribution in [2.75, 3.05) is 33.2 Å². The van der Waals surface area contributed by atoms with E-state index in [0.29, 0.717) is 54.7 Å². The highest BCUT2D eigenvalue weighted by Gasteiger charge is 2.65. The van der Waals surface area contributed by atoms with E-state index in [2.05, 4.69) is 24.9 Å². The molecule has 13 heteroatoms. The van der Waals surface area contributed by atoms with Gasteiger partial charge in [-0.25, -0.2) is 4.79 Å². The van der Waals surface area contributed by atoms with E-state index in [1.54, 1.807) is 12.1 Å². The largest absolute Gasteiger partial charge is 0.459 e. The average molecular weight is 1010 g/mol. The van der Waals surface area contributed by atoms with E-state index in [4.69, 9.17) is 33.7 Å². The molecular formula is C60H89N3O10. The minimum atomic E-state index is -1.43. The highest BCUT2D eigenvalue weighted by molar-refractivity contribution is 6.03. The number of amides is 2. The van der Waals surface area contributed by atoms with Crippen LogP contribution in [0.1, 0.15) is 192 Å². The molecule has 2 fully saturated rings. The Hall–Kier alpha value is -4.59. The molecule has 0 bridgehead atoms. The van der Waals surface area contributed by atoms with Gasteiger partial charge in [0.15, 0.2) is 11.5 Å². The summed E-state index contributed by atoms with van der Waals surface area (Å²) >= 11 is 0. The molecule has 2 aromatic carbocycles. The molecule has 0 aromatic heterocycles. The number of aliphatic hydroxyl groups excluding tert-OH is 2. The van der Waals surface area contributed by atoms with Gasteiger partial charge in [-0.1, -0.05) is 127 Å². The maximum Gasteiger partial charge on any atom is 0.412 e. The Morgan fingerprint density at radius 3 is 2.27 bits per heavy atom. The molecule has 2 amide bonds. The van der Waals surface area contributed by atoms with Crippen molar-refractivity contribution >= 4 is 17.7 Å². The van der Waals surface area contributed by atoms with Crippen molar-refractivity contribution in [3.05, 3.63) is 71.8 Å². The van der Waals surface area contributed by atoms with Crippen LogP contribution in [-0.2, 0) is 20.9 Å². The normalized spacial score (nSPS) is 23.6. The third kappa shape index (κ3) is 15.1. The molecule has 2 heterocycles. The van der Waals surface area contributed by atoms with Gasteiger partial charge in [0.05, 0.1) is 18.2 Å². The van der Waals surface area contributed by atoms with Crippen LogP contribution in [0.5, 0.6) is 23.0 Å². The topological polar surface area (TPSA) is 158 Å². The van der Waals surface area contributed by atoms with E-state index in [1.807, 2.05) is 56.0 Å². The van der Waals surface area contributed by atoms with Crippen LogP contribution in [0.3, 0.4) is 0 Å². The summed E-state index contributed by atoms with van der Waals surface area (Å²) < 4.78 is 32.5. The zero-order chi connectivity index (χ0) is 51.6. The van der Waals surface area contributed by atoms with Crippen LogP contribution >= 0.6 is 0 Å². The number of hydrogen-bond donors (Lipinski definition) is 3. The van der Waals surface area contributed by atoms with Crippen molar-refractivity contribution in [3.63, 3.8) is 0 Å². The maximum absolute atomic E-state index is 15.4. The van der Waals surface area contributed by atoms with Crippen molar-refractivity contribution < 1.29 is 48.3 Å². The molecule has 5 aliphatic rings. The van der Waals surface area contributed by atoms with Gasteiger partial charge in [0.1, 0.15) is 23.1 Å². The Kier molecular flexibility index (Phi) is 21.4. The number of benzene rings is 2. The number of carbonyl (C=O) groups excluding carboxylic acids is 2. The highest BCUT2D eigenvalue weighted by Crippen LogP contribution is 2.62. The van der Waals surface area contributed by atoms with E-state index >= 15 is 4.79 Å². The molecule has 13 nitrogen and oxygen atoms in total. The fourth-order valence-corrected chi connectivity index (χ4v) is 12.2. The van der Waals surface area contributed by atoms with Crippen LogP contribution in [0.25, 0.3) is 0 Å². The first-order chi connectivity index (χ1) is 35.5. The lowest BCUT2D eigenvalue weighted by atomic mass is 9.55. The summed E-state index contributed by atoms with van der Waals surface area (Å²) in [5.74, 6) is 0.687. The molecule has 2 aromatic rings. The Labute approximate surface area is 436 Å². The number of oxime groups is 1. The number of hydrogen-bond acceptors (Lipinski definition) is 11. The third-order valence-electron chi connectivity index (χ3n) is 15.8. The first-order valence-electron chi connectivity index (χ1n) is 28.4. The lowest BCUT2D eigenvalue weighted by molar-refractivity contribution is -0.258. The predicted octanol–water partition coefficient (Wildman–Crippen LogP) is 12.9. The minimum absolute atomic E-state index is 0.00959. The van der Waals surface area contributed by atoms with Crippen LogP contribution in [0.2, 0.25) is 0 Å². The maximum atomic E-state index is 15.4. The second-order valence-electron chi connectivity index (χ2n) is 22.4. The molecule has 3 aliphatic carbocycles. The Morgan fingerprint density at radius 2 is 1.56 bits per heavy atom. The number of aliphatic hydroxyl groups is 2. The molecular weight excluding hydrogens is 923 g/mol. The van der Waals surface area contributed by atoms with Crippen LogP contribution in [0.15, 0.2) is 65.9 Å². The molecule has 0 radical (unpaired) electrons. The van der Waals surface area contributed by atoms with E-state index in [-0.39, 0.29) is 63.2 Å². The lowest BCUT2D eigenvalue weighted by Crippen LogP contribution is -2.70. The number of ether oxygens (including phenoxy) is 5. The Balaban J connectivity index is 1.29. The molecule has 3 N–H and O–H groups in total. The van der Waals surface area contributed by atoms with Gasteiger partial charge < -0.3 is 49.0 Å². The van der Waals surface area contributed by atoms with E-state index in [1.165, 1.54) is 57.8 Å². The number of rotatable bonds is 30. The van der Waals surface area contributed by atoms with E-state index in [9.17, 15) is 15.0 Å². The third-order valence-corrected chi connectivity index (χ3v) is 15.8. The van der Waals surface area contributed by atoms with Gasteiger partial charge in [0.25, 0.3) is 0 Å². The summed E-state index contributed by atoms with van der Waals surface area (Å²) in [6, 6.07) is 10.8. The molecule has 6 atom stereocenters. The fraction of sp³-hybridized carbons (Fsp3) is 0.683. The fourth-order valence-electron chi connectivity index (χ4n) is 12.2. The molecule has 404 valence electrons. The van der Waals surface area contributed by atoms with Gasteiger partial charge in [0.2, 0.25) is 18.5 Å². The standard InChI is InChI=1S/C60H89N3O10/c1-6-8-9-10-11-12-13-14-15-20-33-61-58(67)71-46-29-31-51-49(39-46)56-47(26-19-22-35-65)45(25-18-21-34-64)38-48-50(62-73-59(3,4)5)40-54(60(72-51,57(48)56)70-36-7-2)63(55(66)32-28-43-23-16-17-24-43)41-44-27-30-52-53(37-44)69-42-68-52/h7,27,29-31,37-39,43,45,47,54,56-57,64-65H,2,6,8-26,28,32-36,40-42H2,1,3-5H3,(H,61,67). The van der Waals surface area contributed by atoms with E-state index in [0.717, 1.165) is 86.6 Å². The van der Waals surface area contributed by atoms with Crippen molar-refractivity contribution in [2.45, 2.75) is 205 Å². The zero-order valence-electron chi connectivity index (χ0n) is 44.9. The molecule has 2 aliphatic heterocycles. The van der Waals surface area contributed by atoms with E-state index < -0.39 is 29.4 Å². The zero-order valence-corrected chi connectivity index (χ0v) is 44.9. The predicted molar refractivity (Wildman–Crippen MR) is 286 cm³/mol. The molecule has 73 heavy (non-hydrogen) atoms. The summed E-state index contributed by atoms with van der Waals surface area (Å²) in [6.07, 6.45) is 26.4. The minimum Gasteiger partial charge on any atom is -0.459 e. The first-order valence-corrected chi connectivity index (χ1v) is 28.4. The van der Waals surface area contributed by atoms with Crippen LogP contribution < -0.4 is 24.3 Å². The summed E-state index contributed by atoms with van der Waals surface area (Å²) in [6.45, 7) is 13.6. The number of carbonyl (C=O) groups is 2. The second kappa shape index (κ2) is 27.8. The molecule has 7 rings (SSSR count). The van der Waals surface area contributed by atoms with Crippen molar-refractivity contribution in [2.24, 2.45) is 28.8 Å². The van der Waals surface area contributed by atoms with Crippen molar-refractivity contribution in [3.8, 4) is 23.0 Å². The highest BCUT2D eigenvalue weighted by atomic mass is 16.7. The number of unbranched alkanes of at least 4 members (excludes halogenated alkanes) is 11. The SMILES string of the molecule is C=CCOC12Oc3ccc(OC(=O)NCCCCCCCCCCCC)cc3C3C(CCCCO)C(CCCCO)C=C(C(=NOC(C)(C)C)CC1N(Cc1ccc4c(c1)OCO4)C(=O)CCC1CCCC1)C32. The Bertz CT molecular complexity index is 2150. The van der Waals surface area contributed by atoms with Crippen LogP contribution in [0, 0.1) is 23.7 Å². The van der Waals surface area contributed by atoms with Gasteiger partial charge in [-0.3, -0.25) is 4.79 Å². The van der Waals surface area contributed by atoms with Gasteiger partial charge in [0, 0.05) is 50.6 Å². The first kappa shape index (κ1) is 56.1. The summed E-state index contributed by atoms with van der Waals surface area (Å²) in [5, 5.41) is 28.2. The number of fused-ring (bicyclic) bond motifs is 3. The van der Waals surface area contributed by atoms with Gasteiger partial charge in [-0.05, 0) is 119 Å². The smallest absolute Gasteiger partial charge is 0.412 e. The molecule has 0 saturated heterocycles. The van der Waals surface area contributed by atoms with Gasteiger partial charge in [-0.2, -0.15) is 0 Å². The second-order valence-corrected chi connectivity index (χ2v) is 22.4. The molecule has 0 spiro atoms. The number of nitrogens with one attached hydrogen (secondary N) is 1. The van der Waals surface area contributed by atoms with Gasteiger partial charge >= 0.3 is 6.09 Å². The lowest BCUT2D eigenvalue weighted by Gasteiger charge is -2.60. The molecule has 2 saturated carbocycles. The van der Waals surface area contributed by atoms with Gasteiger partial charge in [-0.15, -0.1) is 6.58 Å². The molecule has 6 unspecified atom stereocenters. The average Bonchev–Trinajstić information content (AvgIpc) is 4.09. The van der Waals surface area contributed by atoms with Crippen LogP contribution in [-0.4, -0.2) is 83.4 Å².